The molecule has 0 fully saturated rings. The predicted molar refractivity (Wildman–Crippen MR) is 193 cm³/mol. The molecule has 1 aromatic carbocycles. The lowest BCUT2D eigenvalue weighted by Gasteiger charge is -2.27. The maximum atomic E-state index is 13.8. The van der Waals surface area contributed by atoms with Crippen molar-refractivity contribution in [3.63, 3.8) is 0 Å². The number of aliphatic imine (C=N–C) groups is 1. The molecule has 0 radical (unpaired) electrons. The number of rotatable bonds is 24. The van der Waals surface area contributed by atoms with Crippen LogP contribution in [0.5, 0.6) is 0 Å². The fourth-order valence-electron chi connectivity index (χ4n) is 4.79. The summed E-state index contributed by atoms with van der Waals surface area (Å²) in [6.07, 6.45) is -0.902. The number of carboxylic acid groups (broad SMARTS) is 1. The molecule has 0 heterocycles. The molecule has 0 aromatic heterocycles. The smallest absolute Gasteiger partial charge is 0.326 e. The first-order valence-electron chi connectivity index (χ1n) is 17.0. The van der Waals surface area contributed by atoms with E-state index in [-0.39, 0.29) is 50.5 Å². The van der Waals surface area contributed by atoms with Crippen LogP contribution < -0.4 is 55.3 Å². The number of hydrogen-bond donors (Lipinski definition) is 11. The third-order valence-corrected chi connectivity index (χ3v) is 8.14. The molecule has 0 saturated heterocycles. The SMILES string of the molecule is CC[C@H](C)[C@H](N)C(=O)N[C@@H](C)C(=O)N[C@@H](Cc1ccccc1)C(=O)N[C@@H](CCC(N)=O)C(=O)N[C@@H](CCCN=C(N)N)C(=O)N[C@@H](CC(N)=O)C(=O)O. The van der Waals surface area contributed by atoms with E-state index < -0.39 is 90.0 Å². The summed E-state index contributed by atoms with van der Waals surface area (Å²) in [4.78, 5) is 105. The first kappa shape index (κ1) is 45.2. The average molecular weight is 748 g/mol. The molecule has 20 heteroatoms. The minimum atomic E-state index is -1.72. The van der Waals surface area contributed by atoms with Gasteiger partial charge in [-0.2, -0.15) is 0 Å². The highest BCUT2D eigenvalue weighted by molar-refractivity contribution is 5.97. The average Bonchev–Trinajstić information content (AvgIpc) is 3.09. The molecule has 16 N–H and O–H groups in total. The van der Waals surface area contributed by atoms with Crippen molar-refractivity contribution in [2.75, 3.05) is 6.54 Å². The van der Waals surface area contributed by atoms with Gasteiger partial charge in [0.1, 0.15) is 30.2 Å². The number of guanidine groups is 1. The van der Waals surface area contributed by atoms with Crippen LogP contribution in [-0.2, 0) is 44.8 Å². The summed E-state index contributed by atoms with van der Waals surface area (Å²) in [6, 6.07) is 0.631. The summed E-state index contributed by atoms with van der Waals surface area (Å²) in [5.41, 5.74) is 27.8. The van der Waals surface area contributed by atoms with Crippen molar-refractivity contribution in [2.24, 2.45) is 39.6 Å². The van der Waals surface area contributed by atoms with Gasteiger partial charge in [0.25, 0.3) is 0 Å². The van der Waals surface area contributed by atoms with Crippen molar-refractivity contribution < 1.29 is 43.5 Å². The quantitative estimate of drug-likeness (QED) is 0.0277. The number of benzene rings is 1. The van der Waals surface area contributed by atoms with Crippen molar-refractivity contribution in [3.05, 3.63) is 35.9 Å². The van der Waals surface area contributed by atoms with Crippen LogP contribution in [0, 0.1) is 5.92 Å². The molecule has 0 saturated carbocycles. The van der Waals surface area contributed by atoms with Crippen molar-refractivity contribution in [1.82, 2.24) is 26.6 Å². The fourth-order valence-corrected chi connectivity index (χ4v) is 4.79. The number of carbonyl (C=O) groups is 8. The van der Waals surface area contributed by atoms with E-state index >= 15 is 0 Å². The van der Waals surface area contributed by atoms with Crippen LogP contribution in [0.2, 0.25) is 0 Å². The highest BCUT2D eigenvalue weighted by Gasteiger charge is 2.33. The second-order valence-electron chi connectivity index (χ2n) is 12.5. The Morgan fingerprint density at radius 2 is 1.23 bits per heavy atom. The van der Waals surface area contributed by atoms with Gasteiger partial charge < -0.3 is 60.4 Å². The lowest BCUT2D eigenvalue weighted by molar-refractivity contribution is -0.143. The molecule has 7 atom stereocenters. The van der Waals surface area contributed by atoms with Crippen molar-refractivity contribution in [2.45, 2.75) is 102 Å². The Bertz CT molecular complexity index is 1470. The molecule has 0 aliphatic heterocycles. The molecule has 0 bridgehead atoms. The van der Waals surface area contributed by atoms with Crippen LogP contribution in [-0.4, -0.2) is 101 Å². The fraction of sp³-hybridized carbons (Fsp3) is 0.545. The second kappa shape index (κ2) is 22.9. The van der Waals surface area contributed by atoms with Crippen LogP contribution in [0.15, 0.2) is 35.3 Å². The molecule has 1 rings (SSSR count). The molecule has 0 aliphatic rings. The van der Waals surface area contributed by atoms with Gasteiger partial charge in [0.15, 0.2) is 5.96 Å². The first-order chi connectivity index (χ1) is 24.9. The molecule has 53 heavy (non-hydrogen) atoms. The van der Waals surface area contributed by atoms with Gasteiger partial charge in [-0.3, -0.25) is 38.6 Å². The van der Waals surface area contributed by atoms with Crippen LogP contribution >= 0.6 is 0 Å². The van der Waals surface area contributed by atoms with Crippen LogP contribution in [0.1, 0.15) is 64.9 Å². The summed E-state index contributed by atoms with van der Waals surface area (Å²) in [5, 5.41) is 21.7. The number of primary amides is 2. The van der Waals surface area contributed by atoms with Gasteiger partial charge >= 0.3 is 5.97 Å². The zero-order chi connectivity index (χ0) is 40.2. The van der Waals surface area contributed by atoms with Crippen LogP contribution in [0.4, 0.5) is 0 Å². The minimum Gasteiger partial charge on any atom is -0.480 e. The monoisotopic (exact) mass is 747 g/mol. The molecule has 7 amide bonds. The Kier molecular flexibility index (Phi) is 19.6. The molecule has 0 spiro atoms. The van der Waals surface area contributed by atoms with Gasteiger partial charge in [-0.1, -0.05) is 50.6 Å². The zero-order valence-electron chi connectivity index (χ0n) is 30.1. The van der Waals surface area contributed by atoms with E-state index in [1.807, 2.05) is 6.92 Å². The third kappa shape index (κ3) is 17.3. The van der Waals surface area contributed by atoms with Crippen LogP contribution in [0.3, 0.4) is 0 Å². The van der Waals surface area contributed by atoms with E-state index in [2.05, 4.69) is 31.6 Å². The maximum absolute atomic E-state index is 13.8. The molecule has 0 unspecified atom stereocenters. The molecular formula is C33H53N11O9. The Labute approximate surface area is 307 Å². The van der Waals surface area contributed by atoms with E-state index in [0.717, 1.165) is 0 Å². The van der Waals surface area contributed by atoms with Crippen molar-refractivity contribution in [3.8, 4) is 0 Å². The highest BCUT2D eigenvalue weighted by Crippen LogP contribution is 2.09. The first-order valence-corrected chi connectivity index (χ1v) is 17.0. The van der Waals surface area contributed by atoms with Gasteiger partial charge in [0.2, 0.25) is 41.4 Å². The minimum absolute atomic E-state index is 0.0246. The molecular weight excluding hydrogens is 694 g/mol. The number of amides is 7. The summed E-state index contributed by atoms with van der Waals surface area (Å²) < 4.78 is 0. The van der Waals surface area contributed by atoms with E-state index in [4.69, 9.17) is 28.7 Å². The van der Waals surface area contributed by atoms with Crippen LogP contribution in [0.25, 0.3) is 0 Å². The Morgan fingerprint density at radius 3 is 1.74 bits per heavy atom. The van der Waals surface area contributed by atoms with Gasteiger partial charge in [-0.05, 0) is 37.7 Å². The molecule has 1 aromatic rings. The Morgan fingerprint density at radius 1 is 0.698 bits per heavy atom. The van der Waals surface area contributed by atoms with Crippen molar-refractivity contribution in [1.29, 1.82) is 0 Å². The van der Waals surface area contributed by atoms with Gasteiger partial charge in [0.05, 0.1) is 12.5 Å². The van der Waals surface area contributed by atoms with Crippen molar-refractivity contribution >= 4 is 53.3 Å². The maximum Gasteiger partial charge on any atom is 0.326 e. The molecule has 0 aliphatic carbocycles. The number of nitrogens with one attached hydrogen (secondary N) is 5. The number of carbonyl (C=O) groups excluding carboxylic acids is 7. The summed E-state index contributed by atoms with van der Waals surface area (Å²) in [7, 11) is 0. The topological polar surface area (TPSA) is 359 Å². The Balaban J connectivity index is 3.35. The second-order valence-corrected chi connectivity index (χ2v) is 12.5. The highest BCUT2D eigenvalue weighted by atomic mass is 16.4. The number of carboxylic acids is 1. The van der Waals surface area contributed by atoms with E-state index in [0.29, 0.717) is 12.0 Å². The summed E-state index contributed by atoms with van der Waals surface area (Å²) in [6.45, 7) is 5.09. The number of nitrogens with zero attached hydrogens (tertiary/aromatic N) is 1. The standard InChI is InChI=1S/C33H53N11O9/c1-4-17(2)26(36)31(51)40-18(3)27(47)43-22(15-19-9-6-5-7-10-19)30(50)42-21(12-13-24(34)45)29(49)41-20(11-8-14-39-33(37)38)28(48)44-23(32(52)53)16-25(35)46/h5-7,9-10,17-18,20-23,26H,4,8,11-16,36H2,1-3H3,(H2,34,45)(H2,35,46)(H,40,51)(H,41,49)(H,42,50)(H,43,47)(H,44,48)(H,52,53)(H4,37,38,39)/t17-,18-,20-,21-,22-,23-,26-/m0/s1. The number of hydrogen-bond acceptors (Lipinski definition) is 10. The predicted octanol–water partition coefficient (Wildman–Crippen LogP) is -3.67. The molecule has 20 nitrogen and oxygen atoms in total. The van der Waals surface area contributed by atoms with E-state index in [1.165, 1.54) is 6.92 Å². The van der Waals surface area contributed by atoms with E-state index in [9.17, 15) is 43.5 Å². The Hall–Kier alpha value is -5.79. The number of aliphatic carboxylic acids is 1. The largest absolute Gasteiger partial charge is 0.480 e. The van der Waals surface area contributed by atoms with E-state index in [1.54, 1.807) is 37.3 Å². The summed E-state index contributed by atoms with van der Waals surface area (Å²) in [5.74, 6) is -7.90. The lowest BCUT2D eigenvalue weighted by atomic mass is 9.99. The van der Waals surface area contributed by atoms with Gasteiger partial charge in [0, 0.05) is 19.4 Å². The summed E-state index contributed by atoms with van der Waals surface area (Å²) >= 11 is 0. The third-order valence-electron chi connectivity index (χ3n) is 8.14. The zero-order valence-corrected chi connectivity index (χ0v) is 30.1. The molecule has 294 valence electrons. The van der Waals surface area contributed by atoms with Gasteiger partial charge in [-0.15, -0.1) is 0 Å². The number of nitrogens with two attached hydrogens (primary N) is 5. The van der Waals surface area contributed by atoms with Gasteiger partial charge in [-0.25, -0.2) is 4.79 Å². The normalized spacial score (nSPS) is 14.7. The lowest BCUT2D eigenvalue weighted by Crippen LogP contribution is -2.59.